The van der Waals surface area contributed by atoms with Crippen LogP contribution in [0, 0.1) is 0 Å². The van der Waals surface area contributed by atoms with Gasteiger partial charge in [0.25, 0.3) is 0 Å². The zero-order valence-electron chi connectivity index (χ0n) is 11.0. The van der Waals surface area contributed by atoms with Crippen molar-refractivity contribution in [2.75, 3.05) is 20.6 Å². The highest BCUT2D eigenvalue weighted by molar-refractivity contribution is 5.19. The Hall–Kier alpha value is -0.860. The van der Waals surface area contributed by atoms with E-state index in [1.54, 1.807) is 0 Å². The minimum atomic E-state index is 0.467. The minimum absolute atomic E-state index is 0.467. The summed E-state index contributed by atoms with van der Waals surface area (Å²) in [7, 11) is 4.29. The summed E-state index contributed by atoms with van der Waals surface area (Å²) in [5.74, 6) is 0. The van der Waals surface area contributed by atoms with Crippen molar-refractivity contribution in [2.24, 2.45) is 0 Å². The lowest BCUT2D eigenvalue weighted by Crippen LogP contribution is -2.36. The van der Waals surface area contributed by atoms with Crippen molar-refractivity contribution in [1.29, 1.82) is 0 Å². The van der Waals surface area contributed by atoms with Crippen LogP contribution < -0.4 is 5.32 Å². The summed E-state index contributed by atoms with van der Waals surface area (Å²) >= 11 is 0. The van der Waals surface area contributed by atoms with Gasteiger partial charge in [0.1, 0.15) is 0 Å². The molecule has 17 heavy (non-hydrogen) atoms. The highest BCUT2D eigenvalue weighted by Crippen LogP contribution is 2.22. The topological polar surface area (TPSA) is 15.3 Å². The van der Waals surface area contributed by atoms with E-state index in [1.165, 1.54) is 31.2 Å². The van der Waals surface area contributed by atoms with Crippen LogP contribution in [0.5, 0.6) is 0 Å². The molecule has 2 heteroatoms. The Bertz CT molecular complexity index is 315. The molecule has 2 nitrogen and oxygen atoms in total. The predicted molar refractivity (Wildman–Crippen MR) is 73.1 cm³/mol. The number of hydrogen-bond acceptors (Lipinski definition) is 2. The summed E-state index contributed by atoms with van der Waals surface area (Å²) in [6, 6.07) is 12.0. The number of nitrogens with zero attached hydrogens (tertiary/aromatic N) is 1. The first-order valence-electron chi connectivity index (χ1n) is 6.71. The van der Waals surface area contributed by atoms with Gasteiger partial charge in [0.2, 0.25) is 0 Å². The Balaban J connectivity index is 2.02. The van der Waals surface area contributed by atoms with Crippen molar-refractivity contribution < 1.29 is 0 Å². The van der Waals surface area contributed by atoms with Gasteiger partial charge in [0, 0.05) is 18.6 Å². The number of benzene rings is 1. The first kappa shape index (κ1) is 12.6. The highest BCUT2D eigenvalue weighted by Gasteiger charge is 2.20. The van der Waals surface area contributed by atoms with Crippen LogP contribution in [0.15, 0.2) is 30.3 Å². The van der Waals surface area contributed by atoms with E-state index in [4.69, 9.17) is 0 Å². The lowest BCUT2D eigenvalue weighted by molar-refractivity contribution is 0.319. The first-order chi connectivity index (χ1) is 8.25. The summed E-state index contributed by atoms with van der Waals surface area (Å²) in [5.41, 5.74) is 1.41. The SMILES string of the molecule is CN(C)CC(NC1CCCC1)c1ccccc1. The van der Waals surface area contributed by atoms with Crippen LogP contribution in [-0.4, -0.2) is 31.6 Å². The van der Waals surface area contributed by atoms with Crippen LogP contribution in [0.2, 0.25) is 0 Å². The van der Waals surface area contributed by atoms with Crippen molar-refractivity contribution in [3.63, 3.8) is 0 Å². The van der Waals surface area contributed by atoms with Crippen LogP contribution in [0.25, 0.3) is 0 Å². The van der Waals surface area contributed by atoms with Gasteiger partial charge in [-0.05, 0) is 32.5 Å². The van der Waals surface area contributed by atoms with E-state index < -0.39 is 0 Å². The molecule has 0 heterocycles. The molecule has 0 bridgehead atoms. The summed E-state index contributed by atoms with van der Waals surface area (Å²) in [4.78, 5) is 2.26. The molecular formula is C15H24N2. The fourth-order valence-electron chi connectivity index (χ4n) is 2.68. The molecule has 0 aromatic heterocycles. The molecule has 94 valence electrons. The fraction of sp³-hybridized carbons (Fsp3) is 0.600. The molecule has 1 N–H and O–H groups in total. The maximum absolute atomic E-state index is 3.82. The summed E-state index contributed by atoms with van der Waals surface area (Å²) < 4.78 is 0. The lowest BCUT2D eigenvalue weighted by Gasteiger charge is -2.26. The van der Waals surface area contributed by atoms with Crippen molar-refractivity contribution in [3.8, 4) is 0 Å². The zero-order chi connectivity index (χ0) is 12.1. The maximum atomic E-state index is 3.82. The molecule has 0 aliphatic heterocycles. The predicted octanol–water partition coefficient (Wildman–Crippen LogP) is 2.82. The van der Waals surface area contributed by atoms with Gasteiger partial charge in [-0.2, -0.15) is 0 Å². The van der Waals surface area contributed by atoms with Crippen molar-refractivity contribution in [3.05, 3.63) is 35.9 Å². The first-order valence-corrected chi connectivity index (χ1v) is 6.71. The number of rotatable bonds is 5. The van der Waals surface area contributed by atoms with Gasteiger partial charge < -0.3 is 10.2 Å². The van der Waals surface area contributed by atoms with E-state index in [0.717, 1.165) is 12.6 Å². The second-order valence-corrected chi connectivity index (χ2v) is 5.37. The Morgan fingerprint density at radius 2 is 1.82 bits per heavy atom. The minimum Gasteiger partial charge on any atom is -0.308 e. The van der Waals surface area contributed by atoms with E-state index >= 15 is 0 Å². The molecule has 2 rings (SSSR count). The molecule has 1 aliphatic carbocycles. The molecular weight excluding hydrogens is 208 g/mol. The third kappa shape index (κ3) is 3.83. The van der Waals surface area contributed by atoms with E-state index in [2.05, 4.69) is 54.6 Å². The number of hydrogen-bond donors (Lipinski definition) is 1. The Labute approximate surface area is 105 Å². The zero-order valence-corrected chi connectivity index (χ0v) is 11.0. The Kier molecular flexibility index (Phi) is 4.57. The molecule has 0 radical (unpaired) electrons. The Morgan fingerprint density at radius 1 is 1.18 bits per heavy atom. The van der Waals surface area contributed by atoms with Gasteiger partial charge in [-0.3, -0.25) is 0 Å². The molecule has 1 saturated carbocycles. The largest absolute Gasteiger partial charge is 0.308 e. The standard InChI is InChI=1S/C15H24N2/c1-17(2)12-15(13-8-4-3-5-9-13)16-14-10-6-7-11-14/h3-5,8-9,14-16H,6-7,10-12H2,1-2H3. The monoisotopic (exact) mass is 232 g/mol. The van der Waals surface area contributed by atoms with Crippen LogP contribution in [0.3, 0.4) is 0 Å². The van der Waals surface area contributed by atoms with E-state index in [1.807, 2.05) is 0 Å². The van der Waals surface area contributed by atoms with E-state index in [0.29, 0.717) is 6.04 Å². The average molecular weight is 232 g/mol. The Morgan fingerprint density at radius 3 is 2.41 bits per heavy atom. The second kappa shape index (κ2) is 6.18. The number of likely N-dealkylation sites (N-methyl/N-ethyl adjacent to an activating group) is 1. The average Bonchev–Trinajstić information content (AvgIpc) is 2.82. The van der Waals surface area contributed by atoms with Gasteiger partial charge in [0.05, 0.1) is 0 Å². The third-order valence-corrected chi connectivity index (χ3v) is 3.54. The molecule has 1 aliphatic rings. The highest BCUT2D eigenvalue weighted by atomic mass is 15.1. The summed E-state index contributed by atoms with van der Waals surface area (Å²) in [6.07, 6.45) is 5.47. The van der Waals surface area contributed by atoms with Crippen molar-refractivity contribution in [2.45, 2.75) is 37.8 Å². The summed E-state index contributed by atoms with van der Waals surface area (Å²) in [6.45, 7) is 1.07. The fourth-order valence-corrected chi connectivity index (χ4v) is 2.68. The van der Waals surface area contributed by atoms with Gasteiger partial charge >= 0.3 is 0 Å². The molecule has 1 fully saturated rings. The van der Waals surface area contributed by atoms with Gasteiger partial charge in [-0.1, -0.05) is 43.2 Å². The van der Waals surface area contributed by atoms with Crippen LogP contribution in [0.4, 0.5) is 0 Å². The quantitative estimate of drug-likeness (QED) is 0.840. The van der Waals surface area contributed by atoms with E-state index in [-0.39, 0.29) is 0 Å². The second-order valence-electron chi connectivity index (χ2n) is 5.37. The molecule has 0 spiro atoms. The van der Waals surface area contributed by atoms with Crippen molar-refractivity contribution in [1.82, 2.24) is 10.2 Å². The third-order valence-electron chi connectivity index (χ3n) is 3.54. The molecule has 0 amide bonds. The van der Waals surface area contributed by atoms with Crippen molar-refractivity contribution >= 4 is 0 Å². The van der Waals surface area contributed by atoms with Gasteiger partial charge in [-0.15, -0.1) is 0 Å². The molecule has 1 atom stereocenters. The maximum Gasteiger partial charge on any atom is 0.0451 e. The van der Waals surface area contributed by atoms with Gasteiger partial charge in [0.15, 0.2) is 0 Å². The summed E-state index contributed by atoms with van der Waals surface area (Å²) in [5, 5.41) is 3.82. The lowest BCUT2D eigenvalue weighted by atomic mass is 10.0. The van der Waals surface area contributed by atoms with E-state index in [9.17, 15) is 0 Å². The molecule has 1 aromatic rings. The molecule has 1 aromatic carbocycles. The molecule has 0 saturated heterocycles. The van der Waals surface area contributed by atoms with Gasteiger partial charge in [-0.25, -0.2) is 0 Å². The van der Waals surface area contributed by atoms with Crippen LogP contribution in [-0.2, 0) is 0 Å². The van der Waals surface area contributed by atoms with Crippen LogP contribution >= 0.6 is 0 Å². The smallest absolute Gasteiger partial charge is 0.0451 e. The normalized spacial score (nSPS) is 18.8. The number of nitrogens with one attached hydrogen (secondary N) is 1. The molecule has 1 unspecified atom stereocenters. The van der Waals surface area contributed by atoms with Crippen LogP contribution in [0.1, 0.15) is 37.3 Å².